The number of amides is 1. The maximum absolute atomic E-state index is 12.4. The largest absolute Gasteiger partial charge is 0.390 e. The molecule has 2 aromatic rings. The summed E-state index contributed by atoms with van der Waals surface area (Å²) >= 11 is 0. The van der Waals surface area contributed by atoms with Crippen LogP contribution in [0.5, 0.6) is 0 Å². The molecule has 4 N–H and O–H groups in total. The van der Waals surface area contributed by atoms with Crippen LogP contribution in [-0.2, 0) is 13.0 Å². The minimum atomic E-state index is -0.607. The van der Waals surface area contributed by atoms with E-state index in [1.807, 2.05) is 7.05 Å². The summed E-state index contributed by atoms with van der Waals surface area (Å²) in [6.45, 7) is 4.07. The number of β-amino-alcohol motifs (C(OH)–C–C–N with tert-alkyl or cyclic N) is 1. The van der Waals surface area contributed by atoms with Crippen LogP contribution in [0.2, 0.25) is 0 Å². The molecule has 0 saturated carbocycles. The van der Waals surface area contributed by atoms with Gasteiger partial charge in [-0.05, 0) is 36.7 Å². The van der Waals surface area contributed by atoms with Gasteiger partial charge < -0.3 is 21.1 Å². The minimum Gasteiger partial charge on any atom is -0.390 e. The molecule has 7 heteroatoms. The van der Waals surface area contributed by atoms with Gasteiger partial charge in [0.2, 0.25) is 0 Å². The van der Waals surface area contributed by atoms with Crippen molar-refractivity contribution < 1.29 is 9.90 Å². The Morgan fingerprint density at radius 2 is 2.07 bits per heavy atom. The Kier molecular flexibility index (Phi) is 7.36. The van der Waals surface area contributed by atoms with E-state index in [1.165, 1.54) is 11.1 Å². The summed E-state index contributed by atoms with van der Waals surface area (Å²) in [5.41, 5.74) is 3.24. The maximum Gasteiger partial charge on any atom is 0.251 e. The van der Waals surface area contributed by atoms with E-state index in [2.05, 4.69) is 50.1 Å². The predicted octanol–water partition coefficient (Wildman–Crippen LogP) is 0.862. The van der Waals surface area contributed by atoms with Crippen molar-refractivity contribution in [3.05, 3.63) is 59.3 Å². The fourth-order valence-corrected chi connectivity index (χ4v) is 3.37. The number of carbonyl (C=O) groups excluding carboxylic acids is 1. The fraction of sp³-hybridized carbons (Fsp3) is 0.429. The summed E-state index contributed by atoms with van der Waals surface area (Å²) in [5.74, 6) is 0.456. The first-order chi connectivity index (χ1) is 13.7. The number of benzene rings is 1. The van der Waals surface area contributed by atoms with Crippen LogP contribution >= 0.6 is 0 Å². The Balaban J connectivity index is 1.45. The third-order valence-electron chi connectivity index (χ3n) is 4.88. The number of likely N-dealkylation sites (N-methyl/N-ethyl adjacent to an activating group) is 1. The Bertz CT molecular complexity index is 783. The lowest BCUT2D eigenvalue weighted by Gasteiger charge is -2.30. The quantitative estimate of drug-likeness (QED) is 0.481. The molecule has 0 radical (unpaired) electrons. The number of aliphatic hydroxyl groups excluding tert-OH is 1. The Morgan fingerprint density at radius 3 is 2.89 bits per heavy atom. The molecule has 2 heterocycles. The summed E-state index contributed by atoms with van der Waals surface area (Å²) in [6, 6.07) is 11.8. The molecular formula is C21H29N5O2. The summed E-state index contributed by atoms with van der Waals surface area (Å²) < 4.78 is 0. The number of fused-ring (bicyclic) bond motifs is 1. The Morgan fingerprint density at radius 1 is 1.25 bits per heavy atom. The third-order valence-corrected chi connectivity index (χ3v) is 4.88. The summed E-state index contributed by atoms with van der Waals surface area (Å²) in [7, 11) is 1.88. The number of aliphatic hydroxyl groups is 1. The van der Waals surface area contributed by atoms with E-state index in [0.717, 1.165) is 32.6 Å². The molecule has 0 saturated heterocycles. The molecule has 0 unspecified atom stereocenters. The molecule has 28 heavy (non-hydrogen) atoms. The minimum absolute atomic E-state index is 0.206. The summed E-state index contributed by atoms with van der Waals surface area (Å²) in [4.78, 5) is 18.8. The van der Waals surface area contributed by atoms with Gasteiger partial charge in [-0.2, -0.15) is 0 Å². The molecule has 0 aliphatic carbocycles. The molecule has 150 valence electrons. The van der Waals surface area contributed by atoms with Crippen LogP contribution in [0.25, 0.3) is 0 Å². The molecular weight excluding hydrogens is 354 g/mol. The van der Waals surface area contributed by atoms with E-state index >= 15 is 0 Å². The van der Waals surface area contributed by atoms with Crippen LogP contribution < -0.4 is 16.0 Å². The second kappa shape index (κ2) is 10.2. The maximum atomic E-state index is 12.4. The molecule has 1 aliphatic rings. The van der Waals surface area contributed by atoms with Gasteiger partial charge >= 0.3 is 0 Å². The highest BCUT2D eigenvalue weighted by atomic mass is 16.3. The lowest BCUT2D eigenvalue weighted by Crippen LogP contribution is -2.42. The first-order valence-corrected chi connectivity index (χ1v) is 9.75. The van der Waals surface area contributed by atoms with Crippen LogP contribution in [0.4, 0.5) is 5.82 Å². The smallest absolute Gasteiger partial charge is 0.251 e. The molecule has 1 atom stereocenters. The van der Waals surface area contributed by atoms with Gasteiger partial charge in [0, 0.05) is 51.0 Å². The molecule has 3 rings (SSSR count). The lowest BCUT2D eigenvalue weighted by molar-refractivity contribution is 0.0842. The number of nitrogens with one attached hydrogen (secondary N) is 3. The fourth-order valence-electron chi connectivity index (χ4n) is 3.37. The molecule has 1 aromatic heterocycles. The van der Waals surface area contributed by atoms with Crippen LogP contribution in [0, 0.1) is 0 Å². The highest BCUT2D eigenvalue weighted by molar-refractivity contribution is 5.94. The molecule has 1 aromatic carbocycles. The van der Waals surface area contributed by atoms with E-state index < -0.39 is 6.10 Å². The van der Waals surface area contributed by atoms with E-state index in [1.54, 1.807) is 18.3 Å². The molecule has 0 spiro atoms. The van der Waals surface area contributed by atoms with Gasteiger partial charge in [-0.25, -0.2) is 4.98 Å². The van der Waals surface area contributed by atoms with Gasteiger partial charge in [-0.1, -0.05) is 24.3 Å². The van der Waals surface area contributed by atoms with Gasteiger partial charge in [0.05, 0.1) is 6.10 Å². The van der Waals surface area contributed by atoms with Gasteiger partial charge in [-0.3, -0.25) is 9.69 Å². The van der Waals surface area contributed by atoms with Crippen molar-refractivity contribution in [3.8, 4) is 0 Å². The van der Waals surface area contributed by atoms with E-state index in [-0.39, 0.29) is 12.5 Å². The SMILES string of the molecule is CNCCNc1cc(C(=O)NC[C@H](O)CN2CCc3ccccc3C2)ccn1. The van der Waals surface area contributed by atoms with E-state index in [0.29, 0.717) is 17.9 Å². The van der Waals surface area contributed by atoms with Crippen LogP contribution in [0.1, 0.15) is 21.5 Å². The monoisotopic (exact) mass is 383 g/mol. The third kappa shape index (κ3) is 5.76. The van der Waals surface area contributed by atoms with Gasteiger partial charge in [0.15, 0.2) is 0 Å². The lowest BCUT2D eigenvalue weighted by atomic mass is 10.00. The molecule has 1 amide bonds. The summed E-state index contributed by atoms with van der Waals surface area (Å²) in [5, 5.41) is 19.4. The van der Waals surface area contributed by atoms with Gasteiger partial charge in [0.1, 0.15) is 5.82 Å². The van der Waals surface area contributed by atoms with Crippen molar-refractivity contribution in [2.75, 3.05) is 45.1 Å². The number of hydrogen-bond acceptors (Lipinski definition) is 6. The second-order valence-electron chi connectivity index (χ2n) is 7.08. The average Bonchev–Trinajstić information content (AvgIpc) is 2.72. The normalized spacial score (nSPS) is 14.9. The second-order valence-corrected chi connectivity index (χ2v) is 7.08. The number of rotatable bonds is 9. The number of pyridine rings is 1. The number of nitrogens with zero attached hydrogens (tertiary/aromatic N) is 2. The zero-order valence-electron chi connectivity index (χ0n) is 16.3. The Hall–Kier alpha value is -2.48. The molecule has 0 fully saturated rings. The van der Waals surface area contributed by atoms with Gasteiger partial charge in [-0.15, -0.1) is 0 Å². The number of aromatic nitrogens is 1. The van der Waals surface area contributed by atoms with Gasteiger partial charge in [0.25, 0.3) is 5.91 Å². The highest BCUT2D eigenvalue weighted by Gasteiger charge is 2.19. The first kappa shape index (κ1) is 20.3. The topological polar surface area (TPSA) is 89.5 Å². The van der Waals surface area contributed by atoms with E-state index in [9.17, 15) is 9.90 Å². The van der Waals surface area contributed by atoms with Crippen molar-refractivity contribution in [1.82, 2.24) is 20.5 Å². The Labute approximate surface area is 166 Å². The summed E-state index contributed by atoms with van der Waals surface area (Å²) in [6.07, 6.45) is 2.00. The van der Waals surface area contributed by atoms with Crippen molar-refractivity contribution in [2.24, 2.45) is 0 Å². The zero-order valence-corrected chi connectivity index (χ0v) is 16.3. The zero-order chi connectivity index (χ0) is 19.8. The predicted molar refractivity (Wildman–Crippen MR) is 110 cm³/mol. The van der Waals surface area contributed by atoms with E-state index in [4.69, 9.17) is 0 Å². The highest BCUT2D eigenvalue weighted by Crippen LogP contribution is 2.18. The van der Waals surface area contributed by atoms with Crippen LogP contribution in [0.15, 0.2) is 42.6 Å². The molecule has 0 bridgehead atoms. The molecule has 1 aliphatic heterocycles. The average molecular weight is 383 g/mol. The van der Waals surface area contributed by atoms with Crippen molar-refractivity contribution in [2.45, 2.75) is 19.1 Å². The molecule has 7 nitrogen and oxygen atoms in total. The van der Waals surface area contributed by atoms with Crippen LogP contribution in [-0.4, -0.2) is 66.8 Å². The number of hydrogen-bond donors (Lipinski definition) is 4. The number of anilines is 1. The van der Waals surface area contributed by atoms with Crippen LogP contribution in [0.3, 0.4) is 0 Å². The number of carbonyl (C=O) groups is 1. The standard InChI is InChI=1S/C21H29N5O2/c1-22-9-10-24-20-12-17(6-8-23-20)21(28)25-13-19(27)15-26-11-7-16-4-2-3-5-18(16)14-26/h2-6,8,12,19,22,27H,7,9-11,13-15H2,1H3,(H,23,24)(H,25,28)/t19-/m0/s1. The van der Waals surface area contributed by atoms with Crippen molar-refractivity contribution in [1.29, 1.82) is 0 Å². The van der Waals surface area contributed by atoms with Crippen molar-refractivity contribution >= 4 is 11.7 Å². The first-order valence-electron chi connectivity index (χ1n) is 9.75. The van der Waals surface area contributed by atoms with Crippen molar-refractivity contribution in [3.63, 3.8) is 0 Å².